The zero-order chi connectivity index (χ0) is 14.9. The third kappa shape index (κ3) is 2.68. The minimum absolute atomic E-state index is 0.202. The van der Waals surface area contributed by atoms with Crippen LogP contribution in [-0.2, 0) is 0 Å². The number of hydrogen-bond donors (Lipinski definition) is 0. The van der Waals surface area contributed by atoms with Crippen LogP contribution in [0.1, 0.15) is 5.69 Å². The number of pyridine rings is 1. The lowest BCUT2D eigenvalue weighted by Crippen LogP contribution is -1.96. The first-order valence-electron chi connectivity index (χ1n) is 5.13. The third-order valence-electron chi connectivity index (χ3n) is 2.49. The van der Waals surface area contributed by atoms with Crippen molar-refractivity contribution >= 4 is 40.5 Å². The molecule has 0 N–H and O–H groups in total. The van der Waals surface area contributed by atoms with E-state index in [4.69, 9.17) is 40.1 Å². The van der Waals surface area contributed by atoms with Crippen LogP contribution in [0.15, 0.2) is 24.4 Å². The summed E-state index contributed by atoms with van der Waals surface area (Å²) in [5, 5.41) is 20.3. The monoisotopic (exact) mass is 327 g/mol. The zero-order valence-electron chi connectivity index (χ0n) is 9.60. The van der Waals surface area contributed by atoms with Gasteiger partial charge in [-0.3, -0.25) is 10.1 Å². The molecule has 0 unspecified atom stereocenters. The van der Waals surface area contributed by atoms with E-state index in [0.717, 1.165) is 0 Å². The SMILES string of the molecule is N#Cc1ncc(-c2cc(Cl)c(Cl)c(Cl)c2)cc1[N+](=O)[O-]. The van der Waals surface area contributed by atoms with Crippen molar-refractivity contribution in [3.8, 4) is 17.2 Å². The largest absolute Gasteiger partial charge is 0.306 e. The Morgan fingerprint density at radius 3 is 2.25 bits per heavy atom. The molecule has 0 fully saturated rings. The highest BCUT2D eigenvalue weighted by atomic mass is 35.5. The summed E-state index contributed by atoms with van der Waals surface area (Å²) >= 11 is 17.6. The molecule has 0 aliphatic carbocycles. The molecule has 0 bridgehead atoms. The van der Waals surface area contributed by atoms with Crippen molar-refractivity contribution < 1.29 is 4.92 Å². The van der Waals surface area contributed by atoms with Gasteiger partial charge in [0.15, 0.2) is 0 Å². The van der Waals surface area contributed by atoms with Crippen molar-refractivity contribution in [2.45, 2.75) is 0 Å². The van der Waals surface area contributed by atoms with Crippen LogP contribution in [0.25, 0.3) is 11.1 Å². The zero-order valence-corrected chi connectivity index (χ0v) is 11.9. The van der Waals surface area contributed by atoms with Gasteiger partial charge in [-0.05, 0) is 17.7 Å². The van der Waals surface area contributed by atoms with Crippen LogP contribution in [-0.4, -0.2) is 9.91 Å². The molecule has 0 saturated carbocycles. The Morgan fingerprint density at radius 2 is 1.75 bits per heavy atom. The molecule has 1 heterocycles. The van der Waals surface area contributed by atoms with Crippen LogP contribution in [0.3, 0.4) is 0 Å². The number of nitro groups is 1. The van der Waals surface area contributed by atoms with E-state index in [0.29, 0.717) is 11.1 Å². The second kappa shape index (κ2) is 5.63. The fourth-order valence-electron chi connectivity index (χ4n) is 1.56. The summed E-state index contributed by atoms with van der Waals surface area (Å²) in [6.07, 6.45) is 1.33. The Morgan fingerprint density at radius 1 is 1.15 bits per heavy atom. The van der Waals surface area contributed by atoms with E-state index in [1.165, 1.54) is 24.4 Å². The number of nitrogens with zero attached hydrogens (tertiary/aromatic N) is 3. The van der Waals surface area contributed by atoms with Gasteiger partial charge in [0, 0.05) is 17.8 Å². The van der Waals surface area contributed by atoms with Crippen LogP contribution >= 0.6 is 34.8 Å². The van der Waals surface area contributed by atoms with E-state index in [1.807, 2.05) is 0 Å². The van der Waals surface area contributed by atoms with E-state index >= 15 is 0 Å². The molecule has 0 saturated heterocycles. The second-order valence-corrected chi connectivity index (χ2v) is 4.91. The van der Waals surface area contributed by atoms with E-state index < -0.39 is 4.92 Å². The van der Waals surface area contributed by atoms with E-state index in [-0.39, 0.29) is 26.4 Å². The van der Waals surface area contributed by atoms with Crippen LogP contribution in [0.4, 0.5) is 5.69 Å². The summed E-state index contributed by atoms with van der Waals surface area (Å²) in [5.41, 5.74) is 0.290. The van der Waals surface area contributed by atoms with Crippen LogP contribution in [0.5, 0.6) is 0 Å². The molecular formula is C12H4Cl3N3O2. The molecule has 100 valence electrons. The maximum Gasteiger partial charge on any atom is 0.306 e. The quantitative estimate of drug-likeness (QED) is 0.462. The van der Waals surface area contributed by atoms with Crippen LogP contribution < -0.4 is 0 Å². The number of hydrogen-bond acceptors (Lipinski definition) is 4. The summed E-state index contributed by atoms with van der Waals surface area (Å²) in [6.45, 7) is 0. The van der Waals surface area contributed by atoms with Gasteiger partial charge < -0.3 is 0 Å². The molecule has 1 aromatic carbocycles. The van der Waals surface area contributed by atoms with Gasteiger partial charge >= 0.3 is 5.69 Å². The van der Waals surface area contributed by atoms with Gasteiger partial charge in [0.05, 0.1) is 20.0 Å². The minimum Gasteiger partial charge on any atom is -0.258 e. The maximum absolute atomic E-state index is 10.9. The number of aromatic nitrogens is 1. The Labute approximate surface area is 128 Å². The summed E-state index contributed by atoms with van der Waals surface area (Å²) in [7, 11) is 0. The average molecular weight is 329 g/mol. The molecule has 20 heavy (non-hydrogen) atoms. The predicted molar refractivity (Wildman–Crippen MR) is 76.1 cm³/mol. The first-order chi connectivity index (χ1) is 9.43. The maximum atomic E-state index is 10.9. The van der Waals surface area contributed by atoms with Crippen molar-refractivity contribution in [3.05, 3.63) is 55.3 Å². The molecular weight excluding hydrogens is 325 g/mol. The molecule has 0 amide bonds. The molecule has 0 spiro atoms. The first kappa shape index (κ1) is 14.5. The Kier molecular flexibility index (Phi) is 4.09. The lowest BCUT2D eigenvalue weighted by atomic mass is 10.1. The van der Waals surface area contributed by atoms with Gasteiger partial charge in [-0.1, -0.05) is 34.8 Å². The Hall–Kier alpha value is -1.87. The van der Waals surface area contributed by atoms with Crippen LogP contribution in [0, 0.1) is 21.4 Å². The Balaban J connectivity index is 2.63. The topological polar surface area (TPSA) is 79.8 Å². The van der Waals surface area contributed by atoms with Gasteiger partial charge in [0.25, 0.3) is 0 Å². The molecule has 2 aromatic rings. The van der Waals surface area contributed by atoms with Crippen molar-refractivity contribution in [1.82, 2.24) is 4.98 Å². The third-order valence-corrected chi connectivity index (χ3v) is 3.68. The lowest BCUT2D eigenvalue weighted by molar-refractivity contribution is -0.385. The van der Waals surface area contributed by atoms with E-state index in [1.54, 1.807) is 6.07 Å². The summed E-state index contributed by atoms with van der Waals surface area (Å²) in [4.78, 5) is 14.0. The van der Waals surface area contributed by atoms with Crippen molar-refractivity contribution in [1.29, 1.82) is 5.26 Å². The molecule has 0 radical (unpaired) electrons. The molecule has 0 aliphatic rings. The Bertz CT molecular complexity index is 733. The standard InChI is InChI=1S/C12H4Cl3N3O2/c13-8-1-6(2-9(14)12(8)15)7-3-11(18(19)20)10(4-16)17-5-7/h1-3,5H. The normalized spacial score (nSPS) is 10.1. The molecule has 0 atom stereocenters. The van der Waals surface area contributed by atoms with Crippen molar-refractivity contribution in [2.24, 2.45) is 0 Å². The highest BCUT2D eigenvalue weighted by Crippen LogP contribution is 2.35. The minimum atomic E-state index is -0.672. The highest BCUT2D eigenvalue weighted by molar-refractivity contribution is 6.48. The van der Waals surface area contributed by atoms with E-state index in [9.17, 15) is 10.1 Å². The smallest absolute Gasteiger partial charge is 0.258 e. The lowest BCUT2D eigenvalue weighted by Gasteiger charge is -2.05. The molecule has 2 rings (SSSR count). The molecule has 0 aliphatic heterocycles. The van der Waals surface area contributed by atoms with Crippen LogP contribution in [0.2, 0.25) is 15.1 Å². The fourth-order valence-corrected chi connectivity index (χ4v) is 2.15. The predicted octanol–water partition coefficient (Wildman–Crippen LogP) is 4.49. The van der Waals surface area contributed by atoms with Gasteiger partial charge in [-0.15, -0.1) is 0 Å². The number of halogens is 3. The molecule has 1 aromatic heterocycles. The summed E-state index contributed by atoms with van der Waals surface area (Å²) in [6, 6.07) is 5.93. The van der Waals surface area contributed by atoms with Crippen molar-refractivity contribution in [2.75, 3.05) is 0 Å². The van der Waals surface area contributed by atoms with E-state index in [2.05, 4.69) is 4.98 Å². The number of nitriles is 1. The second-order valence-electron chi connectivity index (χ2n) is 3.71. The molecule has 5 nitrogen and oxygen atoms in total. The summed E-state index contributed by atoms with van der Waals surface area (Å²) in [5.74, 6) is 0. The number of benzene rings is 1. The summed E-state index contributed by atoms with van der Waals surface area (Å²) < 4.78 is 0. The van der Waals surface area contributed by atoms with Gasteiger partial charge in [-0.2, -0.15) is 5.26 Å². The van der Waals surface area contributed by atoms with Gasteiger partial charge in [0.1, 0.15) is 6.07 Å². The first-order valence-corrected chi connectivity index (χ1v) is 6.27. The highest BCUT2D eigenvalue weighted by Gasteiger charge is 2.17. The number of rotatable bonds is 2. The fraction of sp³-hybridized carbons (Fsp3) is 0. The average Bonchev–Trinajstić information content (AvgIpc) is 2.43. The van der Waals surface area contributed by atoms with Gasteiger partial charge in [-0.25, -0.2) is 4.98 Å². The molecule has 8 heteroatoms. The van der Waals surface area contributed by atoms with Crippen molar-refractivity contribution in [3.63, 3.8) is 0 Å². The van der Waals surface area contributed by atoms with Gasteiger partial charge in [0.2, 0.25) is 5.69 Å².